The smallest absolute Gasteiger partial charge is 0.390 e. The highest BCUT2D eigenvalue weighted by Crippen LogP contribution is 2.56. The molecule has 4 N–H and O–H groups in total. The lowest BCUT2D eigenvalue weighted by molar-refractivity contribution is -0.129. The fourth-order valence-corrected chi connectivity index (χ4v) is 6.07. The van der Waals surface area contributed by atoms with Crippen molar-refractivity contribution in [3.8, 4) is 11.4 Å². The van der Waals surface area contributed by atoms with Crippen LogP contribution >= 0.6 is 12.4 Å². The van der Waals surface area contributed by atoms with Crippen molar-refractivity contribution < 1.29 is 9.63 Å². The zero-order valence-corrected chi connectivity index (χ0v) is 16.0. The van der Waals surface area contributed by atoms with Crippen LogP contribution in [0.2, 0.25) is 0 Å². The number of aliphatic hydroxyl groups is 1. The number of anilines is 1. The second-order valence-corrected chi connectivity index (χ2v) is 8.59. The van der Waals surface area contributed by atoms with E-state index in [2.05, 4.69) is 25.4 Å². The van der Waals surface area contributed by atoms with Crippen molar-refractivity contribution in [2.75, 3.05) is 5.32 Å². The van der Waals surface area contributed by atoms with Crippen LogP contribution in [0.1, 0.15) is 32.1 Å². The van der Waals surface area contributed by atoms with E-state index in [1.807, 2.05) is 12.3 Å². The van der Waals surface area contributed by atoms with Gasteiger partial charge >= 0.3 is 5.76 Å². The largest absolute Gasteiger partial charge is 0.439 e. The molecule has 0 spiro atoms. The number of aromatic nitrogens is 4. The van der Waals surface area contributed by atoms with E-state index in [4.69, 9.17) is 4.52 Å². The topological polar surface area (TPSA) is 120 Å². The Kier molecular flexibility index (Phi) is 3.86. The molecule has 0 aromatic carbocycles. The molecule has 4 aliphatic carbocycles. The van der Waals surface area contributed by atoms with Crippen molar-refractivity contribution in [2.45, 2.75) is 43.7 Å². The molecule has 9 heteroatoms. The molecule has 0 amide bonds. The van der Waals surface area contributed by atoms with Gasteiger partial charge in [0.2, 0.25) is 0 Å². The third kappa shape index (κ3) is 2.58. The van der Waals surface area contributed by atoms with Crippen molar-refractivity contribution in [1.29, 1.82) is 0 Å². The molecule has 0 saturated heterocycles. The van der Waals surface area contributed by atoms with Crippen LogP contribution in [-0.4, -0.2) is 36.9 Å². The lowest BCUT2D eigenvalue weighted by Crippen LogP contribution is -2.59. The molecule has 8 nitrogen and oxygen atoms in total. The minimum absolute atomic E-state index is 0. The summed E-state index contributed by atoms with van der Waals surface area (Å²) >= 11 is 0. The van der Waals surface area contributed by atoms with Gasteiger partial charge in [0.1, 0.15) is 5.65 Å². The van der Waals surface area contributed by atoms with Crippen molar-refractivity contribution in [3.63, 3.8) is 0 Å². The number of aromatic amines is 2. The van der Waals surface area contributed by atoms with E-state index in [0.717, 1.165) is 41.5 Å². The maximum Gasteiger partial charge on any atom is 0.439 e. The predicted octanol–water partition coefficient (Wildman–Crippen LogP) is 2.68. The Morgan fingerprint density at radius 2 is 2.04 bits per heavy atom. The molecule has 0 radical (unpaired) electrons. The minimum Gasteiger partial charge on any atom is -0.390 e. The van der Waals surface area contributed by atoms with Crippen molar-refractivity contribution in [3.05, 3.63) is 29.0 Å². The molecule has 2 atom stereocenters. The van der Waals surface area contributed by atoms with Crippen LogP contribution < -0.4 is 11.1 Å². The van der Waals surface area contributed by atoms with Gasteiger partial charge in [-0.1, -0.05) is 5.16 Å². The molecule has 7 rings (SSSR count). The molecule has 148 valence electrons. The summed E-state index contributed by atoms with van der Waals surface area (Å²) in [7, 11) is 0. The Hall–Kier alpha value is -2.32. The first kappa shape index (κ1) is 17.8. The molecule has 4 bridgehead atoms. The first-order chi connectivity index (χ1) is 13.1. The zero-order chi connectivity index (χ0) is 18.2. The molecule has 3 aromatic heterocycles. The van der Waals surface area contributed by atoms with Crippen LogP contribution in [0.5, 0.6) is 0 Å². The summed E-state index contributed by atoms with van der Waals surface area (Å²) in [6.07, 6.45) is 8.62. The molecule has 28 heavy (non-hydrogen) atoms. The molecule has 3 aromatic rings. The van der Waals surface area contributed by atoms with Crippen molar-refractivity contribution in [1.82, 2.24) is 20.1 Å². The van der Waals surface area contributed by atoms with Crippen LogP contribution in [-0.2, 0) is 0 Å². The monoisotopic (exact) mass is 403 g/mol. The Labute approximate surface area is 166 Å². The van der Waals surface area contributed by atoms with Gasteiger partial charge in [-0.3, -0.25) is 9.51 Å². The summed E-state index contributed by atoms with van der Waals surface area (Å²) in [4.78, 5) is 21.7. The van der Waals surface area contributed by atoms with E-state index in [9.17, 15) is 9.90 Å². The van der Waals surface area contributed by atoms with E-state index >= 15 is 0 Å². The predicted molar refractivity (Wildman–Crippen MR) is 105 cm³/mol. The number of rotatable bonds is 3. The summed E-state index contributed by atoms with van der Waals surface area (Å²) < 4.78 is 4.71. The molecule has 4 saturated carbocycles. The van der Waals surface area contributed by atoms with Gasteiger partial charge in [0.05, 0.1) is 16.9 Å². The summed E-state index contributed by atoms with van der Waals surface area (Å²) in [5.74, 6) is 1.38. The quantitative estimate of drug-likeness (QED) is 0.533. The van der Waals surface area contributed by atoms with E-state index in [1.165, 1.54) is 12.8 Å². The highest BCUT2D eigenvalue weighted by molar-refractivity contribution is 5.97. The van der Waals surface area contributed by atoms with Crippen molar-refractivity contribution in [2.24, 2.45) is 17.8 Å². The van der Waals surface area contributed by atoms with Gasteiger partial charge in [0, 0.05) is 23.8 Å². The first-order valence-electron chi connectivity index (χ1n) is 9.59. The van der Waals surface area contributed by atoms with Crippen LogP contribution in [0.15, 0.2) is 27.8 Å². The molecule has 2 unspecified atom stereocenters. The number of H-pyrrole nitrogens is 2. The third-order valence-corrected chi connectivity index (χ3v) is 6.83. The van der Waals surface area contributed by atoms with Crippen LogP contribution in [0.4, 0.5) is 5.69 Å². The van der Waals surface area contributed by atoms with Crippen molar-refractivity contribution >= 4 is 29.1 Å². The minimum atomic E-state index is -0.582. The number of halogens is 1. The molecular weight excluding hydrogens is 382 g/mol. The van der Waals surface area contributed by atoms with Gasteiger partial charge in [0.15, 0.2) is 5.82 Å². The van der Waals surface area contributed by atoms with Gasteiger partial charge < -0.3 is 15.4 Å². The fourth-order valence-electron chi connectivity index (χ4n) is 6.07. The fraction of sp³-hybridized carbons (Fsp3) is 0.526. The maximum absolute atomic E-state index is 11.5. The van der Waals surface area contributed by atoms with Crippen LogP contribution in [0, 0.1) is 17.8 Å². The number of nitrogens with one attached hydrogen (secondary N) is 3. The first-order valence-corrected chi connectivity index (χ1v) is 9.59. The van der Waals surface area contributed by atoms with Gasteiger partial charge in [-0.05, 0) is 55.9 Å². The summed E-state index contributed by atoms with van der Waals surface area (Å²) in [5, 5.41) is 19.4. The van der Waals surface area contributed by atoms with E-state index in [0.29, 0.717) is 29.6 Å². The molecular formula is C19H22ClN5O3. The molecule has 4 fully saturated rings. The summed E-state index contributed by atoms with van der Waals surface area (Å²) in [5.41, 5.74) is 1.96. The second kappa shape index (κ2) is 6.09. The Bertz CT molecular complexity index is 1070. The SMILES string of the molecule is Cl.O=c1[nH]c(-c2cnc3[nH]ccc3c2NC2C3CC4CC2CC(O)(C4)C3)no1. The number of fused-ring (bicyclic) bond motifs is 1. The van der Waals surface area contributed by atoms with Gasteiger partial charge in [0.25, 0.3) is 0 Å². The highest BCUT2D eigenvalue weighted by Gasteiger charge is 2.54. The lowest BCUT2D eigenvalue weighted by atomic mass is 9.52. The highest BCUT2D eigenvalue weighted by atomic mass is 35.5. The standard InChI is InChI=1S/C19H21N5O3.ClH/c25-18-23-17(24-27-18)13-8-21-16-12(1-2-20-16)15(13)22-14-10-3-9-4-11(14)7-19(26,5-9)6-10;/h1-2,8-11,14,26H,3-7H2,(H2,20,21,22)(H,23,24,25);1H. The van der Waals surface area contributed by atoms with Gasteiger partial charge in [-0.25, -0.2) is 9.78 Å². The molecule has 4 aliphatic rings. The average molecular weight is 404 g/mol. The number of pyridine rings is 1. The van der Waals surface area contributed by atoms with E-state index < -0.39 is 11.4 Å². The van der Waals surface area contributed by atoms with E-state index in [1.54, 1.807) is 6.20 Å². The zero-order valence-electron chi connectivity index (χ0n) is 15.1. The number of hydrogen-bond donors (Lipinski definition) is 4. The third-order valence-electron chi connectivity index (χ3n) is 6.83. The molecule has 0 aliphatic heterocycles. The van der Waals surface area contributed by atoms with Gasteiger partial charge in [-0.15, -0.1) is 12.4 Å². The average Bonchev–Trinajstić information content (AvgIpc) is 3.25. The van der Waals surface area contributed by atoms with Crippen LogP contribution in [0.3, 0.4) is 0 Å². The normalized spacial score (nSPS) is 33.2. The number of hydrogen-bond acceptors (Lipinski definition) is 6. The molecule has 3 heterocycles. The Morgan fingerprint density at radius 3 is 2.71 bits per heavy atom. The Morgan fingerprint density at radius 1 is 1.25 bits per heavy atom. The van der Waals surface area contributed by atoms with E-state index in [-0.39, 0.29) is 12.4 Å². The second-order valence-electron chi connectivity index (χ2n) is 8.59. The Balaban J connectivity index is 0.00000171. The lowest BCUT2D eigenvalue weighted by Gasteiger charge is -2.58. The van der Waals surface area contributed by atoms with Gasteiger partial charge in [-0.2, -0.15) is 0 Å². The number of nitrogens with zero attached hydrogens (tertiary/aromatic N) is 2. The summed E-state index contributed by atoms with van der Waals surface area (Å²) in [6.45, 7) is 0. The van der Waals surface area contributed by atoms with Crippen LogP contribution in [0.25, 0.3) is 22.4 Å². The maximum atomic E-state index is 11.5. The summed E-state index contributed by atoms with van der Waals surface area (Å²) in [6, 6.07) is 2.29.